The Labute approximate surface area is 558 Å². The molecule has 2 saturated heterocycles. The number of nitrogens with one attached hydrogen (secondary N) is 2. The first kappa shape index (κ1) is 65.5. The molecule has 14 rings (SSSR count). The van der Waals surface area contributed by atoms with Crippen LogP contribution in [0.15, 0.2) is 110 Å². The Morgan fingerprint density at radius 1 is 0.521 bits per heavy atom. The van der Waals surface area contributed by atoms with E-state index in [0.717, 1.165) is 86.1 Å². The lowest BCUT2D eigenvalue weighted by molar-refractivity contribution is -0.121. The lowest BCUT2D eigenvalue weighted by Gasteiger charge is -2.34. The number of piperidine rings is 2. The van der Waals surface area contributed by atoms with E-state index in [-0.39, 0.29) is 83.0 Å². The smallest absolute Gasteiger partial charge is 0.410 e. The third kappa shape index (κ3) is 14.2. The van der Waals surface area contributed by atoms with Crippen LogP contribution in [0.1, 0.15) is 141 Å². The number of Topliss-reactive ketones (excluding diaryl/α,β-unsaturated/α-hetero) is 2. The summed E-state index contributed by atoms with van der Waals surface area (Å²) in [6, 6.07) is 24.8. The zero-order valence-corrected chi connectivity index (χ0v) is 56.0. The summed E-state index contributed by atoms with van der Waals surface area (Å²) in [5, 5.41) is 9.59. The molecule has 2 aliphatic heterocycles. The predicted molar refractivity (Wildman–Crippen MR) is 363 cm³/mol. The number of rotatable bonds is 16. The number of pyridine rings is 2. The van der Waals surface area contributed by atoms with Gasteiger partial charge < -0.3 is 39.4 Å². The lowest BCUT2D eigenvalue weighted by atomic mass is 9.78. The third-order valence-electron chi connectivity index (χ3n) is 20.0. The number of aryl methyl sites for hydroxylation is 2. The van der Waals surface area contributed by atoms with Crippen LogP contribution in [0.25, 0.3) is 44.1 Å². The van der Waals surface area contributed by atoms with Crippen LogP contribution in [0.4, 0.5) is 30.3 Å². The highest BCUT2D eigenvalue weighted by Gasteiger charge is 2.61. The normalized spacial score (nSPS) is 19.9. The standard InChI is InChI=1S/2C38H42FN5O4/c2*1-23-10-11-25-26(12-13-30(39)28(25)20-32(45)29-21-38(29)15-7-16-38)33(23)47-34-27(9-5-17-40-34)31-14-18-41-35(43-31)42-24-8-6-19-44(22-24)36(46)48-37(2,3)4/h2*5,9-14,17-18,24,29H,6-8,15-16,19-22H2,1-4H3,(H,41,42,43)/t24-,29+;24-,29-/m00/s1. The van der Waals surface area contributed by atoms with Gasteiger partial charge >= 0.3 is 12.2 Å². The molecule has 2 N–H and O–H groups in total. The first-order chi connectivity index (χ1) is 46.0. The van der Waals surface area contributed by atoms with Crippen LogP contribution in [-0.2, 0) is 31.9 Å². The summed E-state index contributed by atoms with van der Waals surface area (Å²) in [5.74, 6) is 2.32. The van der Waals surface area contributed by atoms with Crippen LogP contribution in [0.2, 0.25) is 0 Å². The molecule has 2 amide bonds. The number of ether oxygens (including phenoxy) is 4. The summed E-state index contributed by atoms with van der Waals surface area (Å²) in [6.45, 7) is 17.3. The fourth-order valence-corrected chi connectivity index (χ4v) is 14.5. The summed E-state index contributed by atoms with van der Waals surface area (Å²) in [6.07, 6.45) is 18.3. The first-order valence-electron chi connectivity index (χ1n) is 33.9. The molecule has 4 atom stereocenters. The number of anilines is 2. The van der Waals surface area contributed by atoms with Gasteiger partial charge in [-0.05, 0) is 213 Å². The van der Waals surface area contributed by atoms with E-state index in [0.29, 0.717) is 106 Å². The molecule has 96 heavy (non-hydrogen) atoms. The number of amides is 2. The molecule has 18 nitrogen and oxygen atoms in total. The van der Waals surface area contributed by atoms with Crippen molar-refractivity contribution < 1.29 is 46.9 Å². The Bertz CT molecular complexity index is 4040. The number of likely N-dealkylation sites (tertiary alicyclic amines) is 2. The lowest BCUT2D eigenvalue weighted by Crippen LogP contribution is -2.47. The minimum Gasteiger partial charge on any atom is -0.444 e. The van der Waals surface area contributed by atoms with Gasteiger partial charge in [0.05, 0.1) is 22.5 Å². The number of nitrogens with zero attached hydrogens (tertiary/aromatic N) is 8. The van der Waals surface area contributed by atoms with Crippen LogP contribution in [0.5, 0.6) is 23.3 Å². The van der Waals surface area contributed by atoms with Crippen molar-refractivity contribution in [2.24, 2.45) is 22.7 Å². The van der Waals surface area contributed by atoms with Crippen LogP contribution in [-0.4, -0.2) is 113 Å². The average molecular weight is 1300 g/mol. The summed E-state index contributed by atoms with van der Waals surface area (Å²) in [7, 11) is 0. The summed E-state index contributed by atoms with van der Waals surface area (Å²) >= 11 is 0. The van der Waals surface area contributed by atoms with Gasteiger partial charge in [0.15, 0.2) is 0 Å². The van der Waals surface area contributed by atoms with E-state index < -0.39 is 11.2 Å². The third-order valence-corrected chi connectivity index (χ3v) is 20.0. The number of benzene rings is 4. The number of aromatic nitrogens is 6. The second kappa shape index (κ2) is 26.4. The molecular formula is C76H84F2N10O8. The SMILES string of the molecule is Cc1ccc2c(CC(=O)[C@@H]3CC34CCC4)c(F)ccc2c1Oc1ncccc1-c1ccnc(N[C@H]2CCCN(C(=O)OC(C)(C)C)C2)n1.Cc1ccc2c(CC(=O)[C@H]3CC34CCC4)c(F)ccc2c1Oc1ncccc1-c1ccnc(N[C@H]2CCCN(C(=O)OC(C)(C)C)C2)n1. The second-order valence-electron chi connectivity index (χ2n) is 29.2. The van der Waals surface area contributed by atoms with Crippen molar-refractivity contribution >= 4 is 57.2 Å². The number of hydrogen-bond acceptors (Lipinski definition) is 16. The van der Waals surface area contributed by atoms with E-state index in [4.69, 9.17) is 28.9 Å². The molecule has 4 aliphatic carbocycles. The molecule has 6 aliphatic rings. The molecule has 0 unspecified atom stereocenters. The monoisotopic (exact) mass is 1300 g/mol. The molecule has 0 bridgehead atoms. The zero-order valence-electron chi connectivity index (χ0n) is 56.0. The average Bonchev–Trinajstić information content (AvgIpc) is 1.05. The number of ketones is 2. The first-order valence-corrected chi connectivity index (χ1v) is 33.9. The molecule has 2 spiro atoms. The van der Waals surface area contributed by atoms with Gasteiger partial charge in [-0.2, -0.15) is 0 Å². The Morgan fingerprint density at radius 2 is 0.927 bits per heavy atom. The number of carbonyl (C=O) groups excluding carboxylic acids is 4. The number of hydrogen-bond donors (Lipinski definition) is 2. The predicted octanol–water partition coefficient (Wildman–Crippen LogP) is 16.1. The van der Waals surface area contributed by atoms with E-state index in [1.807, 2.05) is 104 Å². The van der Waals surface area contributed by atoms with Gasteiger partial charge in [0.25, 0.3) is 0 Å². The molecule has 4 aromatic heterocycles. The summed E-state index contributed by atoms with van der Waals surface area (Å²) in [4.78, 5) is 82.9. The maximum Gasteiger partial charge on any atom is 0.410 e. The molecule has 500 valence electrons. The number of fused-ring (bicyclic) bond motifs is 2. The molecule has 4 saturated carbocycles. The van der Waals surface area contributed by atoms with Gasteiger partial charge in [0.2, 0.25) is 23.7 Å². The zero-order chi connectivity index (χ0) is 67.3. The highest BCUT2D eigenvalue weighted by Crippen LogP contribution is 2.67. The topological polar surface area (TPSA) is 213 Å². The van der Waals surface area contributed by atoms with E-state index in [1.54, 1.807) is 58.9 Å². The number of carbonyl (C=O) groups is 4. The van der Waals surface area contributed by atoms with E-state index in [2.05, 4.69) is 30.6 Å². The van der Waals surface area contributed by atoms with Crippen molar-refractivity contribution in [1.82, 2.24) is 39.7 Å². The molecule has 4 aromatic carbocycles. The van der Waals surface area contributed by atoms with E-state index in [9.17, 15) is 19.2 Å². The van der Waals surface area contributed by atoms with Crippen molar-refractivity contribution in [2.75, 3.05) is 36.8 Å². The molecule has 6 heterocycles. The maximum absolute atomic E-state index is 15.3. The summed E-state index contributed by atoms with van der Waals surface area (Å²) < 4.78 is 54.8. The minimum atomic E-state index is -0.560. The Kier molecular flexibility index (Phi) is 18.0. The van der Waals surface area contributed by atoms with Crippen LogP contribution >= 0.6 is 0 Å². The molecule has 20 heteroatoms. The van der Waals surface area contributed by atoms with Crippen molar-refractivity contribution in [3.63, 3.8) is 0 Å². The molecule has 6 fully saturated rings. The van der Waals surface area contributed by atoms with Gasteiger partial charge in [-0.3, -0.25) is 9.59 Å². The van der Waals surface area contributed by atoms with Gasteiger partial charge in [0.1, 0.15) is 45.9 Å². The largest absolute Gasteiger partial charge is 0.444 e. The van der Waals surface area contributed by atoms with Crippen molar-refractivity contribution in [3.8, 4) is 45.8 Å². The van der Waals surface area contributed by atoms with E-state index >= 15 is 8.78 Å². The molecule has 0 radical (unpaired) electrons. The minimum absolute atomic E-state index is 0.0369. The van der Waals surface area contributed by atoms with Gasteiger partial charge in [-0.15, -0.1) is 0 Å². The van der Waals surface area contributed by atoms with Crippen molar-refractivity contribution in [3.05, 3.63) is 144 Å². The Balaban J connectivity index is 0.000000174. The van der Waals surface area contributed by atoms with Crippen molar-refractivity contribution in [2.45, 2.75) is 169 Å². The Morgan fingerprint density at radius 3 is 1.30 bits per heavy atom. The molecular weight excluding hydrogens is 1220 g/mol. The van der Waals surface area contributed by atoms with Gasteiger partial charge in [-0.25, -0.2) is 48.3 Å². The summed E-state index contributed by atoms with van der Waals surface area (Å²) in [5.41, 5.74) is 4.38. The highest BCUT2D eigenvalue weighted by molar-refractivity contribution is 5.98. The Hall–Kier alpha value is -9.20. The quantitative estimate of drug-likeness (QED) is 0.0920. The van der Waals surface area contributed by atoms with Crippen LogP contribution in [0.3, 0.4) is 0 Å². The van der Waals surface area contributed by atoms with Crippen LogP contribution in [0, 0.1) is 48.1 Å². The maximum atomic E-state index is 15.3. The van der Waals surface area contributed by atoms with E-state index in [1.165, 1.54) is 25.0 Å². The molecule has 8 aromatic rings. The fourth-order valence-electron chi connectivity index (χ4n) is 14.5. The van der Waals surface area contributed by atoms with Crippen LogP contribution < -0.4 is 20.1 Å². The number of halogens is 2. The fraction of sp³-hybridized carbons (Fsp3) is 0.447. The van der Waals surface area contributed by atoms with Gasteiger partial charge in [0, 0.05) is 110 Å². The highest BCUT2D eigenvalue weighted by atomic mass is 19.1. The van der Waals surface area contributed by atoms with Gasteiger partial charge in [-0.1, -0.05) is 37.1 Å². The second-order valence-corrected chi connectivity index (χ2v) is 29.2. The van der Waals surface area contributed by atoms with Crippen molar-refractivity contribution in [1.29, 1.82) is 0 Å².